The van der Waals surface area contributed by atoms with Gasteiger partial charge in [-0.3, -0.25) is 14.8 Å². The molecule has 1 aromatic carbocycles. The topological polar surface area (TPSA) is 90.5 Å². The molecule has 0 atom stereocenters. The molecule has 1 amide bonds. The first-order chi connectivity index (χ1) is 17.1. The molecule has 6 rings (SSSR count). The van der Waals surface area contributed by atoms with E-state index in [9.17, 15) is 4.79 Å². The van der Waals surface area contributed by atoms with Crippen LogP contribution in [0.15, 0.2) is 73.4 Å². The van der Waals surface area contributed by atoms with Gasteiger partial charge in [-0.05, 0) is 68.7 Å². The summed E-state index contributed by atoms with van der Waals surface area (Å²) in [6.45, 7) is 4.29. The molecule has 0 saturated heterocycles. The maximum Gasteiger partial charge on any atom is 0.274 e. The van der Waals surface area contributed by atoms with Crippen molar-refractivity contribution in [3.8, 4) is 22.5 Å². The molecular formula is C27H25N7O. The van der Waals surface area contributed by atoms with Gasteiger partial charge in [0.25, 0.3) is 5.91 Å². The monoisotopic (exact) mass is 463 g/mol. The molecule has 1 aliphatic carbocycles. The second-order valence-corrected chi connectivity index (χ2v) is 9.20. The normalized spacial score (nSPS) is 13.5. The van der Waals surface area contributed by atoms with Gasteiger partial charge in [0, 0.05) is 47.5 Å². The van der Waals surface area contributed by atoms with Crippen LogP contribution in [0.3, 0.4) is 0 Å². The SMILES string of the molecule is CC(C)n1ccc2ncc(-c3ccnc(C(=O)Nc4cccc(-c5nncn5C5CC5)c4)c3)cc21. The Kier molecular flexibility index (Phi) is 5.13. The Hall–Kier alpha value is -4.33. The lowest BCUT2D eigenvalue weighted by Crippen LogP contribution is -2.13. The van der Waals surface area contributed by atoms with Crippen LogP contribution in [0.5, 0.6) is 0 Å². The van der Waals surface area contributed by atoms with Gasteiger partial charge in [0.1, 0.15) is 12.0 Å². The van der Waals surface area contributed by atoms with Crippen LogP contribution in [0.4, 0.5) is 5.69 Å². The van der Waals surface area contributed by atoms with Crippen molar-refractivity contribution in [2.75, 3.05) is 5.32 Å². The Bertz CT molecular complexity index is 1540. The Balaban J connectivity index is 1.26. The van der Waals surface area contributed by atoms with Gasteiger partial charge in [0.2, 0.25) is 0 Å². The summed E-state index contributed by atoms with van der Waals surface area (Å²) in [5.41, 5.74) is 5.79. The summed E-state index contributed by atoms with van der Waals surface area (Å²) in [6, 6.07) is 16.3. The van der Waals surface area contributed by atoms with Gasteiger partial charge in [0.15, 0.2) is 5.82 Å². The van der Waals surface area contributed by atoms with E-state index < -0.39 is 0 Å². The lowest BCUT2D eigenvalue weighted by molar-refractivity contribution is 0.102. The third-order valence-corrected chi connectivity index (χ3v) is 6.34. The first-order valence-electron chi connectivity index (χ1n) is 11.8. The molecule has 0 unspecified atom stereocenters. The van der Waals surface area contributed by atoms with Crippen molar-refractivity contribution >= 4 is 22.6 Å². The number of aromatic nitrogens is 6. The van der Waals surface area contributed by atoms with Gasteiger partial charge in [-0.1, -0.05) is 12.1 Å². The van der Waals surface area contributed by atoms with Crippen LogP contribution in [0.25, 0.3) is 33.5 Å². The summed E-state index contributed by atoms with van der Waals surface area (Å²) < 4.78 is 4.30. The van der Waals surface area contributed by atoms with Crippen LogP contribution in [0.1, 0.15) is 49.3 Å². The van der Waals surface area contributed by atoms with Crippen molar-refractivity contribution < 1.29 is 4.79 Å². The van der Waals surface area contributed by atoms with Crippen molar-refractivity contribution in [3.05, 3.63) is 79.1 Å². The Morgan fingerprint density at radius 1 is 1.03 bits per heavy atom. The fourth-order valence-corrected chi connectivity index (χ4v) is 4.37. The number of rotatable bonds is 6. The first-order valence-corrected chi connectivity index (χ1v) is 11.8. The molecule has 8 heteroatoms. The summed E-state index contributed by atoms with van der Waals surface area (Å²) >= 11 is 0. The summed E-state index contributed by atoms with van der Waals surface area (Å²) in [5.74, 6) is 0.546. The molecule has 8 nitrogen and oxygen atoms in total. The first kappa shape index (κ1) is 21.2. The van der Waals surface area contributed by atoms with Gasteiger partial charge >= 0.3 is 0 Å². The Morgan fingerprint density at radius 3 is 2.74 bits per heavy atom. The Labute approximate surface area is 202 Å². The zero-order valence-corrected chi connectivity index (χ0v) is 19.6. The molecule has 35 heavy (non-hydrogen) atoms. The van der Waals surface area contributed by atoms with Crippen molar-refractivity contribution in [2.45, 2.75) is 38.8 Å². The number of amides is 1. The number of hydrogen-bond acceptors (Lipinski definition) is 5. The molecule has 174 valence electrons. The van der Waals surface area contributed by atoms with Crippen molar-refractivity contribution in [2.24, 2.45) is 0 Å². The predicted molar refractivity (Wildman–Crippen MR) is 135 cm³/mol. The molecule has 1 saturated carbocycles. The summed E-state index contributed by atoms with van der Waals surface area (Å²) in [5, 5.41) is 11.3. The molecule has 0 aliphatic heterocycles. The van der Waals surface area contributed by atoms with Crippen LogP contribution in [-0.4, -0.2) is 35.2 Å². The number of carbonyl (C=O) groups is 1. The summed E-state index contributed by atoms with van der Waals surface area (Å²) in [7, 11) is 0. The van der Waals surface area contributed by atoms with Gasteiger partial charge in [-0.15, -0.1) is 10.2 Å². The van der Waals surface area contributed by atoms with Crippen molar-refractivity contribution in [1.82, 2.24) is 29.3 Å². The van der Waals surface area contributed by atoms with E-state index in [0.29, 0.717) is 23.5 Å². The second kappa shape index (κ2) is 8.47. The zero-order valence-electron chi connectivity index (χ0n) is 19.6. The van der Waals surface area contributed by atoms with Crippen LogP contribution in [-0.2, 0) is 0 Å². The van der Waals surface area contributed by atoms with Crippen molar-refractivity contribution in [3.63, 3.8) is 0 Å². The quantitative estimate of drug-likeness (QED) is 0.358. The van der Waals surface area contributed by atoms with E-state index in [-0.39, 0.29) is 5.91 Å². The molecule has 1 N–H and O–H groups in total. The number of fused-ring (bicyclic) bond motifs is 1. The van der Waals surface area contributed by atoms with E-state index in [1.165, 1.54) is 0 Å². The standard InChI is InChI=1S/C27H25N7O/c1-17(2)33-11-9-23-25(33)14-20(15-29-23)18-8-10-28-24(13-18)27(35)31-21-5-3-4-19(12-21)26-32-30-16-34(26)22-6-7-22/h3-5,8-17,22H,6-7H2,1-2H3,(H,31,35). The van der Waals surface area contributed by atoms with E-state index >= 15 is 0 Å². The lowest BCUT2D eigenvalue weighted by Gasteiger charge is -2.11. The van der Waals surface area contributed by atoms with E-state index in [2.05, 4.69) is 60.7 Å². The summed E-state index contributed by atoms with van der Waals surface area (Å²) in [6.07, 6.45) is 9.62. The third-order valence-electron chi connectivity index (χ3n) is 6.34. The minimum Gasteiger partial charge on any atom is -0.344 e. The third kappa shape index (κ3) is 4.07. The molecular weight excluding hydrogens is 438 g/mol. The highest BCUT2D eigenvalue weighted by Gasteiger charge is 2.26. The Morgan fingerprint density at radius 2 is 1.91 bits per heavy atom. The van der Waals surface area contributed by atoms with Gasteiger partial charge in [-0.25, -0.2) is 0 Å². The highest BCUT2D eigenvalue weighted by atomic mass is 16.1. The lowest BCUT2D eigenvalue weighted by atomic mass is 10.1. The second-order valence-electron chi connectivity index (χ2n) is 9.20. The molecule has 0 spiro atoms. The smallest absolute Gasteiger partial charge is 0.274 e. The molecule has 5 aromatic rings. The van der Waals surface area contributed by atoms with Gasteiger partial charge < -0.3 is 14.5 Å². The van der Waals surface area contributed by atoms with Crippen LogP contribution in [0, 0.1) is 0 Å². The van der Waals surface area contributed by atoms with Gasteiger partial charge in [-0.2, -0.15) is 0 Å². The van der Waals surface area contributed by atoms with Crippen molar-refractivity contribution in [1.29, 1.82) is 0 Å². The number of carbonyl (C=O) groups excluding carboxylic acids is 1. The van der Waals surface area contributed by atoms with E-state index in [1.54, 1.807) is 18.6 Å². The number of anilines is 1. The fraction of sp³-hybridized carbons (Fsp3) is 0.222. The average molecular weight is 464 g/mol. The van der Waals surface area contributed by atoms with Gasteiger partial charge in [0.05, 0.1) is 11.0 Å². The molecule has 1 aliphatic rings. The highest BCUT2D eigenvalue weighted by molar-refractivity contribution is 6.03. The molecule has 1 fully saturated rings. The molecule has 0 bridgehead atoms. The number of nitrogens with zero attached hydrogens (tertiary/aromatic N) is 6. The van der Waals surface area contributed by atoms with Crippen LogP contribution in [0.2, 0.25) is 0 Å². The van der Waals surface area contributed by atoms with E-state index in [0.717, 1.165) is 46.4 Å². The number of nitrogens with one attached hydrogen (secondary N) is 1. The summed E-state index contributed by atoms with van der Waals surface area (Å²) in [4.78, 5) is 22.0. The van der Waals surface area contributed by atoms with E-state index in [1.807, 2.05) is 42.6 Å². The minimum atomic E-state index is -0.271. The zero-order chi connectivity index (χ0) is 23.9. The van der Waals surface area contributed by atoms with E-state index in [4.69, 9.17) is 0 Å². The molecule has 0 radical (unpaired) electrons. The predicted octanol–water partition coefficient (Wildman–Crippen LogP) is 5.52. The highest BCUT2D eigenvalue weighted by Crippen LogP contribution is 2.37. The fourth-order valence-electron chi connectivity index (χ4n) is 4.37. The van der Waals surface area contributed by atoms with Crippen LogP contribution >= 0.6 is 0 Å². The molecule has 4 heterocycles. The number of benzene rings is 1. The maximum absolute atomic E-state index is 13.1. The average Bonchev–Trinajstić information content (AvgIpc) is 3.43. The largest absolute Gasteiger partial charge is 0.344 e. The van der Waals surface area contributed by atoms with Crippen LogP contribution < -0.4 is 5.32 Å². The number of hydrogen-bond donors (Lipinski definition) is 1. The number of pyridine rings is 2. The minimum absolute atomic E-state index is 0.271. The molecule has 4 aromatic heterocycles. The maximum atomic E-state index is 13.1.